The van der Waals surface area contributed by atoms with Crippen LogP contribution in [-0.2, 0) is 16.6 Å². The third-order valence-electron chi connectivity index (χ3n) is 2.65. The topological polar surface area (TPSA) is 85.1 Å². The van der Waals surface area contributed by atoms with Crippen LogP contribution < -0.4 is 10.5 Å². The third-order valence-corrected chi connectivity index (χ3v) is 5.22. The first kappa shape index (κ1) is 15.0. The van der Waals surface area contributed by atoms with Crippen LogP contribution in [0.25, 0.3) is 0 Å². The first-order valence-corrected chi connectivity index (χ1v) is 8.46. The van der Waals surface area contributed by atoms with Crippen molar-refractivity contribution >= 4 is 38.6 Å². The van der Waals surface area contributed by atoms with Crippen LogP contribution >= 0.6 is 23.6 Å². The second-order valence-electron chi connectivity index (χ2n) is 4.09. The summed E-state index contributed by atoms with van der Waals surface area (Å²) in [5.41, 5.74) is 6.77. The number of nitrogens with zero attached hydrogens (tertiary/aromatic N) is 1. The van der Waals surface area contributed by atoms with Gasteiger partial charge in [0.05, 0.1) is 11.4 Å². The Morgan fingerprint density at radius 2 is 2.25 bits per heavy atom. The zero-order valence-corrected chi connectivity index (χ0v) is 13.1. The average Bonchev–Trinajstić information content (AvgIpc) is 2.89. The molecule has 0 unspecified atom stereocenters. The Labute approximate surface area is 126 Å². The Bertz CT molecular complexity index is 724. The molecule has 8 heteroatoms. The fourth-order valence-corrected chi connectivity index (χ4v) is 3.67. The molecule has 0 aliphatic rings. The number of aryl methyl sites for hydroxylation is 1. The Hall–Kier alpha value is -1.35. The number of sulfonamides is 1. The predicted octanol–water partition coefficient (Wildman–Crippen LogP) is 1.56. The summed E-state index contributed by atoms with van der Waals surface area (Å²) >= 11 is 6.27. The average molecular weight is 327 g/mol. The van der Waals surface area contributed by atoms with Gasteiger partial charge < -0.3 is 5.73 Å². The first-order chi connectivity index (χ1) is 9.40. The molecule has 0 aliphatic carbocycles. The van der Waals surface area contributed by atoms with Gasteiger partial charge in [-0.3, -0.25) is 0 Å². The molecule has 106 valence electrons. The number of nitrogens with one attached hydrogen (secondary N) is 1. The second kappa shape index (κ2) is 5.96. The Balaban J connectivity index is 2.23. The van der Waals surface area contributed by atoms with Crippen LogP contribution in [-0.4, -0.2) is 18.4 Å². The van der Waals surface area contributed by atoms with Crippen molar-refractivity contribution in [2.75, 3.05) is 0 Å². The molecule has 1 aromatic carbocycles. The quantitative estimate of drug-likeness (QED) is 0.814. The van der Waals surface area contributed by atoms with E-state index in [-0.39, 0.29) is 16.4 Å². The molecular formula is C12H13N3O2S3. The molecule has 2 aromatic rings. The van der Waals surface area contributed by atoms with Gasteiger partial charge in [-0.1, -0.05) is 18.3 Å². The molecule has 1 aromatic heterocycles. The molecule has 0 saturated heterocycles. The molecule has 0 radical (unpaired) electrons. The summed E-state index contributed by atoms with van der Waals surface area (Å²) in [5.74, 6) is 0. The van der Waals surface area contributed by atoms with Crippen molar-refractivity contribution in [2.45, 2.75) is 18.4 Å². The molecule has 0 spiro atoms. The third kappa shape index (κ3) is 3.40. The Morgan fingerprint density at radius 3 is 2.80 bits per heavy atom. The lowest BCUT2D eigenvalue weighted by Gasteiger charge is -2.09. The number of rotatable bonds is 5. The normalized spacial score (nSPS) is 11.4. The van der Waals surface area contributed by atoms with Crippen molar-refractivity contribution in [1.82, 2.24) is 9.71 Å². The molecule has 0 aliphatic heterocycles. The van der Waals surface area contributed by atoms with Gasteiger partial charge in [0.25, 0.3) is 0 Å². The minimum atomic E-state index is -3.58. The standard InChI is InChI=1S/C12H13N3O2S3/c1-8-6-9(12(13)18)2-3-10(8)20(16,17)15-7-11-14-4-5-19-11/h2-6,15H,7H2,1H3,(H2,13,18). The summed E-state index contributed by atoms with van der Waals surface area (Å²) in [5, 5.41) is 2.51. The van der Waals surface area contributed by atoms with E-state index in [0.29, 0.717) is 16.1 Å². The maximum absolute atomic E-state index is 12.2. The van der Waals surface area contributed by atoms with E-state index < -0.39 is 10.0 Å². The lowest BCUT2D eigenvalue weighted by molar-refractivity contribution is 0.580. The van der Waals surface area contributed by atoms with Gasteiger partial charge in [0.2, 0.25) is 10.0 Å². The highest BCUT2D eigenvalue weighted by atomic mass is 32.2. The maximum atomic E-state index is 12.2. The van der Waals surface area contributed by atoms with Crippen LogP contribution in [0.4, 0.5) is 0 Å². The summed E-state index contributed by atoms with van der Waals surface area (Å²) < 4.78 is 27.0. The van der Waals surface area contributed by atoms with Crippen molar-refractivity contribution in [3.63, 3.8) is 0 Å². The number of benzene rings is 1. The van der Waals surface area contributed by atoms with Crippen LogP contribution in [0.1, 0.15) is 16.1 Å². The number of nitrogens with two attached hydrogens (primary N) is 1. The van der Waals surface area contributed by atoms with Crippen LogP contribution in [0.3, 0.4) is 0 Å². The van der Waals surface area contributed by atoms with E-state index in [9.17, 15) is 8.42 Å². The SMILES string of the molecule is Cc1cc(C(N)=S)ccc1S(=O)(=O)NCc1nccs1. The molecule has 0 fully saturated rings. The van der Waals surface area contributed by atoms with Gasteiger partial charge in [-0.15, -0.1) is 11.3 Å². The smallest absolute Gasteiger partial charge is 0.241 e. The van der Waals surface area contributed by atoms with E-state index in [2.05, 4.69) is 9.71 Å². The number of hydrogen-bond donors (Lipinski definition) is 2. The maximum Gasteiger partial charge on any atom is 0.241 e. The summed E-state index contributed by atoms with van der Waals surface area (Å²) in [6.07, 6.45) is 1.64. The molecule has 1 heterocycles. The fraction of sp³-hybridized carbons (Fsp3) is 0.167. The summed E-state index contributed by atoms with van der Waals surface area (Å²) in [6.45, 7) is 1.89. The summed E-state index contributed by atoms with van der Waals surface area (Å²) in [7, 11) is -3.58. The van der Waals surface area contributed by atoms with Gasteiger partial charge in [-0.05, 0) is 24.6 Å². The van der Waals surface area contributed by atoms with Crippen LogP contribution in [0.15, 0.2) is 34.7 Å². The molecule has 20 heavy (non-hydrogen) atoms. The summed E-state index contributed by atoms with van der Waals surface area (Å²) in [4.78, 5) is 4.49. The van der Waals surface area contributed by atoms with Crippen molar-refractivity contribution in [2.24, 2.45) is 5.73 Å². The fourth-order valence-electron chi connectivity index (χ4n) is 1.68. The van der Waals surface area contributed by atoms with Gasteiger partial charge in [-0.2, -0.15) is 0 Å². The van der Waals surface area contributed by atoms with Crippen LogP contribution in [0, 0.1) is 6.92 Å². The Kier molecular flexibility index (Phi) is 4.48. The number of aromatic nitrogens is 1. The minimum Gasteiger partial charge on any atom is -0.389 e. The number of hydrogen-bond acceptors (Lipinski definition) is 5. The molecule has 0 bridgehead atoms. The second-order valence-corrected chi connectivity index (χ2v) is 7.25. The number of thiocarbonyl (C=S) groups is 1. The van der Waals surface area contributed by atoms with E-state index in [1.54, 1.807) is 30.6 Å². The van der Waals surface area contributed by atoms with Gasteiger partial charge in [-0.25, -0.2) is 18.1 Å². The molecule has 5 nitrogen and oxygen atoms in total. The first-order valence-electron chi connectivity index (χ1n) is 5.68. The van der Waals surface area contributed by atoms with Crippen LogP contribution in [0.5, 0.6) is 0 Å². The van der Waals surface area contributed by atoms with E-state index in [0.717, 1.165) is 0 Å². The molecule has 0 amide bonds. The van der Waals surface area contributed by atoms with E-state index in [1.807, 2.05) is 0 Å². The van der Waals surface area contributed by atoms with Crippen molar-refractivity contribution < 1.29 is 8.42 Å². The molecule has 2 rings (SSSR count). The van der Waals surface area contributed by atoms with Crippen molar-refractivity contribution in [1.29, 1.82) is 0 Å². The summed E-state index contributed by atoms with van der Waals surface area (Å²) in [6, 6.07) is 4.78. The molecule has 0 saturated carbocycles. The van der Waals surface area contributed by atoms with Gasteiger partial charge in [0.1, 0.15) is 10.00 Å². The van der Waals surface area contributed by atoms with Crippen LogP contribution in [0.2, 0.25) is 0 Å². The lowest BCUT2D eigenvalue weighted by Crippen LogP contribution is -2.24. The highest BCUT2D eigenvalue weighted by molar-refractivity contribution is 7.89. The van der Waals surface area contributed by atoms with E-state index >= 15 is 0 Å². The van der Waals surface area contributed by atoms with E-state index in [4.69, 9.17) is 18.0 Å². The van der Waals surface area contributed by atoms with Crippen molar-refractivity contribution in [3.8, 4) is 0 Å². The Morgan fingerprint density at radius 1 is 1.50 bits per heavy atom. The number of thiazole rings is 1. The van der Waals surface area contributed by atoms with E-state index in [1.165, 1.54) is 17.4 Å². The predicted molar refractivity (Wildman–Crippen MR) is 83.2 cm³/mol. The largest absolute Gasteiger partial charge is 0.389 e. The highest BCUT2D eigenvalue weighted by Gasteiger charge is 2.17. The zero-order chi connectivity index (χ0) is 14.8. The van der Waals surface area contributed by atoms with Gasteiger partial charge in [0, 0.05) is 17.1 Å². The molecular weight excluding hydrogens is 314 g/mol. The molecule has 3 N–H and O–H groups in total. The zero-order valence-electron chi connectivity index (χ0n) is 10.7. The van der Waals surface area contributed by atoms with Gasteiger partial charge in [0.15, 0.2) is 0 Å². The lowest BCUT2D eigenvalue weighted by atomic mass is 10.1. The van der Waals surface area contributed by atoms with Crippen molar-refractivity contribution in [3.05, 3.63) is 45.9 Å². The highest BCUT2D eigenvalue weighted by Crippen LogP contribution is 2.17. The van der Waals surface area contributed by atoms with Gasteiger partial charge >= 0.3 is 0 Å². The minimum absolute atomic E-state index is 0.177. The monoisotopic (exact) mass is 327 g/mol. The molecule has 0 atom stereocenters.